The number of nitrogens with zero attached hydrogens (tertiary/aromatic N) is 3. The minimum Gasteiger partial charge on any atom is -0.369 e. The van der Waals surface area contributed by atoms with Crippen LogP contribution in [-0.2, 0) is 4.79 Å². The van der Waals surface area contributed by atoms with E-state index in [2.05, 4.69) is 9.88 Å². The molecule has 1 aromatic heterocycles. The molecule has 1 saturated carbocycles. The summed E-state index contributed by atoms with van der Waals surface area (Å²) in [4.78, 5) is 34.9. The molecule has 0 unspecified atom stereocenters. The Kier molecular flexibility index (Phi) is 5.30. The molecule has 2 aromatic rings. The van der Waals surface area contributed by atoms with Gasteiger partial charge in [0.1, 0.15) is 11.5 Å². The zero-order chi connectivity index (χ0) is 21.6. The third kappa shape index (κ3) is 3.00. The maximum absolute atomic E-state index is 14.6. The molecule has 2 amide bonds. The van der Waals surface area contributed by atoms with Crippen molar-refractivity contribution >= 4 is 28.3 Å². The van der Waals surface area contributed by atoms with Crippen LogP contribution in [0.2, 0.25) is 0 Å². The number of hydrogen-bond donors (Lipinski definition) is 1. The van der Waals surface area contributed by atoms with Gasteiger partial charge in [0.15, 0.2) is 5.13 Å². The van der Waals surface area contributed by atoms with Gasteiger partial charge in [-0.2, -0.15) is 0 Å². The number of carbonyl (C=O) groups is 2. The standard InChI is InChI=1S/C22H27FN4O2S/c1-4-26(5-2)21-25-17(18(30-21)15-8-6-7-9-16(15)23)19(28)27-13(3)22(20(24)29)11-10-14(27)12-22/h6-9,13-14H,4-5,10-12H2,1-3H3,(H2,24,29)/t13-,14+,22-/m1/s1. The van der Waals surface area contributed by atoms with E-state index in [0.717, 1.165) is 19.5 Å². The molecule has 2 N–H and O–H groups in total. The minimum absolute atomic E-state index is 0.0351. The van der Waals surface area contributed by atoms with Gasteiger partial charge in [-0.3, -0.25) is 9.59 Å². The predicted octanol–water partition coefficient (Wildman–Crippen LogP) is 3.66. The highest BCUT2D eigenvalue weighted by Gasteiger charge is 2.60. The number of rotatable bonds is 6. The van der Waals surface area contributed by atoms with Crippen molar-refractivity contribution in [3.05, 3.63) is 35.8 Å². The molecule has 8 heteroatoms. The van der Waals surface area contributed by atoms with Crippen LogP contribution in [0.25, 0.3) is 10.4 Å². The van der Waals surface area contributed by atoms with Gasteiger partial charge in [-0.15, -0.1) is 0 Å². The summed E-state index contributed by atoms with van der Waals surface area (Å²) in [5, 5.41) is 0.697. The number of nitrogens with two attached hydrogens (primary N) is 1. The van der Waals surface area contributed by atoms with E-state index in [4.69, 9.17) is 5.73 Å². The summed E-state index contributed by atoms with van der Waals surface area (Å²) in [6.45, 7) is 7.41. The number of anilines is 1. The predicted molar refractivity (Wildman–Crippen MR) is 116 cm³/mol. The molecule has 6 nitrogen and oxygen atoms in total. The summed E-state index contributed by atoms with van der Waals surface area (Å²) >= 11 is 1.33. The molecule has 0 radical (unpaired) electrons. The van der Waals surface area contributed by atoms with E-state index in [1.807, 2.05) is 20.8 Å². The van der Waals surface area contributed by atoms with Crippen molar-refractivity contribution in [3.63, 3.8) is 0 Å². The van der Waals surface area contributed by atoms with Crippen molar-refractivity contribution in [1.29, 1.82) is 0 Å². The third-order valence-electron chi connectivity index (χ3n) is 6.83. The van der Waals surface area contributed by atoms with Gasteiger partial charge < -0.3 is 15.5 Å². The number of fused-ring (bicyclic) bond motifs is 2. The number of primary amides is 1. The first-order valence-electron chi connectivity index (χ1n) is 10.5. The van der Waals surface area contributed by atoms with Crippen molar-refractivity contribution < 1.29 is 14.0 Å². The van der Waals surface area contributed by atoms with Crippen LogP contribution in [0.15, 0.2) is 24.3 Å². The van der Waals surface area contributed by atoms with E-state index in [1.165, 1.54) is 17.4 Å². The number of amides is 2. The Labute approximate surface area is 179 Å². The Balaban J connectivity index is 1.79. The van der Waals surface area contributed by atoms with E-state index in [-0.39, 0.29) is 35.4 Å². The fraction of sp³-hybridized carbons (Fsp3) is 0.500. The number of hydrogen-bond acceptors (Lipinski definition) is 5. The highest BCUT2D eigenvalue weighted by molar-refractivity contribution is 7.19. The average Bonchev–Trinajstić information content (AvgIpc) is 3.42. The number of thiazole rings is 1. The molecule has 0 spiro atoms. The SMILES string of the molecule is CCN(CC)c1nc(C(=O)N2[C@H]3CC[C@@](C(N)=O)(C3)[C@H]2C)c(-c2ccccc2F)s1. The fourth-order valence-electron chi connectivity index (χ4n) is 5.05. The van der Waals surface area contributed by atoms with Crippen LogP contribution in [0.4, 0.5) is 9.52 Å². The molecular weight excluding hydrogens is 403 g/mol. The lowest BCUT2D eigenvalue weighted by Crippen LogP contribution is -2.51. The third-order valence-corrected chi connectivity index (χ3v) is 7.98. The lowest BCUT2D eigenvalue weighted by molar-refractivity contribution is -0.128. The zero-order valence-electron chi connectivity index (χ0n) is 17.5. The highest BCUT2D eigenvalue weighted by atomic mass is 32.1. The molecule has 2 aliphatic rings. The summed E-state index contributed by atoms with van der Waals surface area (Å²) in [7, 11) is 0. The Bertz CT molecular complexity index is 989. The number of halogens is 1. The van der Waals surface area contributed by atoms with E-state index >= 15 is 0 Å². The highest BCUT2D eigenvalue weighted by Crippen LogP contribution is 2.53. The Morgan fingerprint density at radius 1 is 1.33 bits per heavy atom. The molecule has 1 aliphatic carbocycles. The molecule has 160 valence electrons. The van der Waals surface area contributed by atoms with Crippen LogP contribution in [0.1, 0.15) is 50.5 Å². The number of carbonyl (C=O) groups excluding carboxylic acids is 2. The smallest absolute Gasteiger partial charge is 0.274 e. The van der Waals surface area contributed by atoms with Crippen molar-refractivity contribution in [2.45, 2.75) is 52.1 Å². The van der Waals surface area contributed by atoms with Crippen LogP contribution < -0.4 is 10.6 Å². The van der Waals surface area contributed by atoms with Crippen LogP contribution in [-0.4, -0.2) is 46.9 Å². The van der Waals surface area contributed by atoms with Crippen molar-refractivity contribution in [1.82, 2.24) is 9.88 Å². The monoisotopic (exact) mass is 430 g/mol. The maximum atomic E-state index is 14.6. The molecule has 4 rings (SSSR count). The van der Waals surface area contributed by atoms with Gasteiger partial charge in [0.25, 0.3) is 5.91 Å². The van der Waals surface area contributed by atoms with E-state index in [1.54, 1.807) is 23.1 Å². The van der Waals surface area contributed by atoms with Crippen molar-refractivity contribution in [2.75, 3.05) is 18.0 Å². The summed E-state index contributed by atoms with van der Waals surface area (Å²) in [6.07, 6.45) is 2.05. The lowest BCUT2D eigenvalue weighted by Gasteiger charge is -2.37. The van der Waals surface area contributed by atoms with Gasteiger partial charge in [-0.05, 0) is 46.1 Å². The second-order valence-corrected chi connectivity index (χ2v) is 9.11. The molecule has 1 aromatic carbocycles. The van der Waals surface area contributed by atoms with Gasteiger partial charge in [-0.25, -0.2) is 9.37 Å². The molecule has 1 aliphatic heterocycles. The topological polar surface area (TPSA) is 79.5 Å². The minimum atomic E-state index is -0.670. The zero-order valence-corrected chi connectivity index (χ0v) is 18.3. The van der Waals surface area contributed by atoms with Crippen molar-refractivity contribution in [2.24, 2.45) is 11.1 Å². The summed E-state index contributed by atoms with van der Waals surface area (Å²) in [5.41, 5.74) is 5.69. The molecule has 2 fully saturated rings. The Morgan fingerprint density at radius 3 is 2.63 bits per heavy atom. The first kappa shape index (κ1) is 20.8. The van der Waals surface area contributed by atoms with Crippen molar-refractivity contribution in [3.8, 4) is 10.4 Å². The lowest BCUT2D eigenvalue weighted by atomic mass is 9.80. The average molecular weight is 431 g/mol. The molecule has 2 bridgehead atoms. The van der Waals surface area contributed by atoms with Gasteiger partial charge in [0.2, 0.25) is 5.91 Å². The molecular formula is C22H27FN4O2S. The van der Waals surface area contributed by atoms with Crippen LogP contribution in [0.5, 0.6) is 0 Å². The second-order valence-electron chi connectivity index (χ2n) is 8.13. The van der Waals surface area contributed by atoms with Gasteiger partial charge in [0.05, 0.1) is 10.3 Å². The number of benzene rings is 1. The van der Waals surface area contributed by atoms with Crippen LogP contribution in [0, 0.1) is 11.2 Å². The fourth-order valence-corrected chi connectivity index (χ4v) is 6.26. The number of aromatic nitrogens is 1. The Morgan fingerprint density at radius 2 is 2.03 bits per heavy atom. The first-order chi connectivity index (χ1) is 14.3. The molecule has 30 heavy (non-hydrogen) atoms. The Hall–Kier alpha value is -2.48. The first-order valence-corrected chi connectivity index (χ1v) is 11.3. The van der Waals surface area contributed by atoms with E-state index in [0.29, 0.717) is 28.4 Å². The maximum Gasteiger partial charge on any atom is 0.274 e. The quantitative estimate of drug-likeness (QED) is 0.758. The normalized spacial score (nSPS) is 25.0. The van der Waals surface area contributed by atoms with Gasteiger partial charge >= 0.3 is 0 Å². The van der Waals surface area contributed by atoms with E-state index < -0.39 is 5.41 Å². The molecule has 2 heterocycles. The summed E-state index contributed by atoms with van der Waals surface area (Å²) < 4.78 is 14.6. The number of likely N-dealkylation sites (tertiary alicyclic amines) is 1. The van der Waals surface area contributed by atoms with Gasteiger partial charge in [0, 0.05) is 30.7 Å². The van der Waals surface area contributed by atoms with E-state index in [9.17, 15) is 14.0 Å². The van der Waals surface area contributed by atoms with Gasteiger partial charge in [-0.1, -0.05) is 29.5 Å². The summed E-state index contributed by atoms with van der Waals surface area (Å²) in [5.74, 6) is -0.974. The second kappa shape index (κ2) is 7.65. The molecule has 1 saturated heterocycles. The van der Waals surface area contributed by atoms with Crippen LogP contribution >= 0.6 is 11.3 Å². The molecule has 3 atom stereocenters. The largest absolute Gasteiger partial charge is 0.369 e. The van der Waals surface area contributed by atoms with Crippen LogP contribution in [0.3, 0.4) is 0 Å². The summed E-state index contributed by atoms with van der Waals surface area (Å²) in [6, 6.07) is 6.12. The number of piperidine rings is 1.